The van der Waals surface area contributed by atoms with Gasteiger partial charge in [0.15, 0.2) is 5.75 Å². The molecule has 11 heavy (non-hydrogen) atoms. The Hall–Kier alpha value is -0.290. The second-order valence-electron chi connectivity index (χ2n) is 1.75. The normalized spacial score (nSPS) is 8.82. The number of aliphatic hydroxyl groups is 1. The molecule has 0 aliphatic heterocycles. The zero-order valence-corrected chi connectivity index (χ0v) is 8.07. The molecular weight excluding hydrogens is 159 g/mol. The summed E-state index contributed by atoms with van der Waals surface area (Å²) < 4.78 is 4.59. The van der Waals surface area contributed by atoms with Gasteiger partial charge in [0.05, 0.1) is 0 Å². The zero-order valence-electron chi connectivity index (χ0n) is 7.07. The van der Waals surface area contributed by atoms with Gasteiger partial charge in [-0.2, -0.15) is 0 Å². The predicted molar refractivity (Wildman–Crippen MR) is 33.7 cm³/mol. The summed E-state index contributed by atoms with van der Waals surface area (Å²) in [5.74, 6) is -0.306. The van der Waals surface area contributed by atoms with Crippen LogP contribution in [0, 0.1) is 0 Å². The van der Waals surface area contributed by atoms with Gasteiger partial charge in [0.1, 0.15) is 18.6 Å². The van der Waals surface area contributed by atoms with Crippen molar-refractivity contribution in [1.82, 2.24) is 0 Å². The first-order chi connectivity index (χ1) is 4.74. The Morgan fingerprint density at radius 2 is 2.27 bits per heavy atom. The first-order valence-corrected chi connectivity index (χ1v) is 2.65. The Kier molecular flexibility index (Phi) is 4.44. The molecule has 5 heteroatoms. The molecule has 0 unspecified atom stereocenters. The standard InChI is InChI=1S/C6H6O4.Na.H/c7-2-4-1-5(8)6(9)3-10-4;;/h1,3,7,9H,2H2;;/q;+1;-1. The van der Waals surface area contributed by atoms with Gasteiger partial charge in [-0.15, -0.1) is 0 Å². The zero-order chi connectivity index (χ0) is 7.56. The van der Waals surface area contributed by atoms with E-state index in [2.05, 4.69) is 4.42 Å². The maximum absolute atomic E-state index is 10.6. The van der Waals surface area contributed by atoms with E-state index in [9.17, 15) is 4.79 Å². The molecule has 1 aromatic heterocycles. The van der Waals surface area contributed by atoms with E-state index >= 15 is 0 Å². The summed E-state index contributed by atoms with van der Waals surface area (Å²) in [6, 6.07) is 1.04. The van der Waals surface area contributed by atoms with Crippen LogP contribution in [0.4, 0.5) is 0 Å². The van der Waals surface area contributed by atoms with E-state index < -0.39 is 11.2 Å². The van der Waals surface area contributed by atoms with Crippen molar-refractivity contribution in [3.05, 3.63) is 28.3 Å². The smallest absolute Gasteiger partial charge is 1.00 e. The second-order valence-corrected chi connectivity index (χ2v) is 1.75. The molecule has 0 spiro atoms. The van der Waals surface area contributed by atoms with Crippen LogP contribution in [-0.2, 0) is 6.61 Å². The minimum absolute atomic E-state index is 0. The van der Waals surface area contributed by atoms with Crippen molar-refractivity contribution >= 4 is 0 Å². The fourth-order valence-electron chi connectivity index (χ4n) is 0.527. The molecule has 0 atom stereocenters. The molecule has 0 aromatic carbocycles. The van der Waals surface area contributed by atoms with Crippen molar-refractivity contribution in [3.8, 4) is 5.75 Å². The number of rotatable bonds is 1. The summed E-state index contributed by atoms with van der Waals surface area (Å²) in [7, 11) is 0. The van der Waals surface area contributed by atoms with Crippen LogP contribution in [0.25, 0.3) is 0 Å². The number of hydrogen-bond acceptors (Lipinski definition) is 4. The van der Waals surface area contributed by atoms with Gasteiger partial charge in [0.2, 0.25) is 5.43 Å². The molecule has 0 radical (unpaired) electrons. The van der Waals surface area contributed by atoms with Gasteiger partial charge in [0.25, 0.3) is 0 Å². The average Bonchev–Trinajstić information content (AvgIpc) is 1.95. The van der Waals surface area contributed by atoms with Crippen LogP contribution in [0.5, 0.6) is 5.75 Å². The van der Waals surface area contributed by atoms with Crippen LogP contribution in [0.3, 0.4) is 0 Å². The van der Waals surface area contributed by atoms with Crippen LogP contribution in [0.1, 0.15) is 7.19 Å². The van der Waals surface area contributed by atoms with Gasteiger partial charge in [-0.25, -0.2) is 0 Å². The average molecular weight is 166 g/mol. The molecule has 4 nitrogen and oxygen atoms in total. The molecule has 1 aromatic rings. The molecule has 2 N–H and O–H groups in total. The van der Waals surface area contributed by atoms with Gasteiger partial charge >= 0.3 is 29.6 Å². The Bertz CT molecular complexity index is 285. The molecule has 0 fully saturated rings. The number of aromatic hydroxyl groups is 1. The molecule has 0 bridgehead atoms. The summed E-state index contributed by atoms with van der Waals surface area (Å²) >= 11 is 0. The van der Waals surface area contributed by atoms with E-state index in [-0.39, 0.29) is 43.4 Å². The predicted octanol–water partition coefficient (Wildman–Crippen LogP) is -3.05. The van der Waals surface area contributed by atoms with Gasteiger partial charge < -0.3 is 16.1 Å². The molecule has 56 valence electrons. The molecule has 0 saturated carbocycles. The molecule has 1 rings (SSSR count). The summed E-state index contributed by atoms with van der Waals surface area (Å²) in [6.45, 7) is -0.338. The fourth-order valence-corrected chi connectivity index (χ4v) is 0.527. The minimum Gasteiger partial charge on any atom is -1.00 e. The fraction of sp³-hybridized carbons (Fsp3) is 0.167. The van der Waals surface area contributed by atoms with Crippen LogP contribution < -0.4 is 35.0 Å². The van der Waals surface area contributed by atoms with Crippen molar-refractivity contribution in [3.63, 3.8) is 0 Å². The van der Waals surface area contributed by atoms with Crippen molar-refractivity contribution in [1.29, 1.82) is 0 Å². The Balaban J connectivity index is 0. The van der Waals surface area contributed by atoms with E-state index in [4.69, 9.17) is 10.2 Å². The third kappa shape index (κ3) is 2.67. The molecule has 0 amide bonds. The van der Waals surface area contributed by atoms with Gasteiger partial charge in [0, 0.05) is 6.07 Å². The molecular formula is C6H7NaO4. The van der Waals surface area contributed by atoms with Gasteiger partial charge in [-0.3, -0.25) is 4.79 Å². The van der Waals surface area contributed by atoms with E-state index in [0.717, 1.165) is 12.3 Å². The van der Waals surface area contributed by atoms with Crippen LogP contribution in [-0.4, -0.2) is 10.2 Å². The van der Waals surface area contributed by atoms with Crippen LogP contribution >= 0.6 is 0 Å². The largest absolute Gasteiger partial charge is 1.00 e. The minimum atomic E-state index is -0.546. The third-order valence-electron chi connectivity index (χ3n) is 1.02. The number of aliphatic hydroxyl groups excluding tert-OH is 1. The van der Waals surface area contributed by atoms with E-state index in [0.29, 0.717) is 0 Å². The summed E-state index contributed by atoms with van der Waals surface area (Å²) in [6.07, 6.45) is 0.897. The second kappa shape index (κ2) is 4.56. The van der Waals surface area contributed by atoms with E-state index in [1.54, 1.807) is 0 Å². The quantitative estimate of drug-likeness (QED) is 0.435. The Labute approximate surface area is 86.2 Å². The maximum Gasteiger partial charge on any atom is 1.00 e. The first-order valence-electron chi connectivity index (χ1n) is 2.65. The summed E-state index contributed by atoms with van der Waals surface area (Å²) in [4.78, 5) is 10.6. The van der Waals surface area contributed by atoms with E-state index in [1.165, 1.54) is 0 Å². The monoisotopic (exact) mass is 166 g/mol. The van der Waals surface area contributed by atoms with Crippen molar-refractivity contribution in [2.45, 2.75) is 6.61 Å². The Morgan fingerprint density at radius 1 is 1.64 bits per heavy atom. The van der Waals surface area contributed by atoms with Crippen molar-refractivity contribution < 1.29 is 45.6 Å². The van der Waals surface area contributed by atoms with Crippen molar-refractivity contribution in [2.75, 3.05) is 0 Å². The molecule has 0 aliphatic rings. The Morgan fingerprint density at radius 3 is 2.73 bits per heavy atom. The summed E-state index contributed by atoms with van der Waals surface area (Å²) in [5, 5.41) is 17.1. The van der Waals surface area contributed by atoms with Gasteiger partial charge in [-0.05, 0) is 0 Å². The molecule has 0 aliphatic carbocycles. The van der Waals surface area contributed by atoms with Crippen molar-refractivity contribution in [2.24, 2.45) is 0 Å². The van der Waals surface area contributed by atoms with Gasteiger partial charge in [-0.1, -0.05) is 0 Å². The van der Waals surface area contributed by atoms with Crippen LogP contribution in [0.15, 0.2) is 21.5 Å². The maximum atomic E-state index is 10.6. The molecule has 0 saturated heterocycles. The third-order valence-corrected chi connectivity index (χ3v) is 1.02. The first kappa shape index (κ1) is 10.7. The molecule has 1 heterocycles. The number of hydrogen-bond donors (Lipinski definition) is 2. The SMILES string of the molecule is O=c1cc(CO)occ1O.[H-].[Na+]. The topological polar surface area (TPSA) is 70.7 Å². The summed E-state index contributed by atoms with van der Waals surface area (Å²) in [5.41, 5.74) is -0.546. The van der Waals surface area contributed by atoms with E-state index in [1.807, 2.05) is 0 Å². The van der Waals surface area contributed by atoms with Crippen LogP contribution in [0.2, 0.25) is 0 Å².